The Morgan fingerprint density at radius 2 is 2.17 bits per heavy atom. The summed E-state index contributed by atoms with van der Waals surface area (Å²) >= 11 is 0. The van der Waals surface area contributed by atoms with Crippen molar-refractivity contribution in [2.75, 3.05) is 0 Å². The molecule has 0 bridgehead atoms. The summed E-state index contributed by atoms with van der Waals surface area (Å²) in [6.07, 6.45) is 5.09. The number of aliphatic imine (C=N–C) groups is 1. The summed E-state index contributed by atoms with van der Waals surface area (Å²) in [4.78, 5) is 12.8. The number of hydrogen-bond donors (Lipinski definition) is 0. The van der Waals surface area contributed by atoms with Gasteiger partial charge in [0, 0.05) is 5.69 Å². The number of fused-ring (bicyclic) bond motifs is 1. The van der Waals surface area contributed by atoms with Gasteiger partial charge in [-0.25, -0.2) is 9.50 Å². The zero-order valence-corrected chi connectivity index (χ0v) is 9.85. The van der Waals surface area contributed by atoms with Crippen molar-refractivity contribution in [3.63, 3.8) is 0 Å². The van der Waals surface area contributed by atoms with Gasteiger partial charge in [0.2, 0.25) is 0 Å². The molecule has 0 atom stereocenters. The second-order valence-corrected chi connectivity index (χ2v) is 3.91. The van der Waals surface area contributed by atoms with Gasteiger partial charge in [-0.1, -0.05) is 6.07 Å². The smallest absolute Gasteiger partial charge is 0.155 e. The fraction of sp³-hybridized carbons (Fsp3) is 0.0769. The maximum absolute atomic E-state index is 4.37. The van der Waals surface area contributed by atoms with Crippen LogP contribution in [0.5, 0.6) is 0 Å². The van der Waals surface area contributed by atoms with E-state index in [9.17, 15) is 0 Å². The Morgan fingerprint density at radius 3 is 3.06 bits per heavy atom. The molecule has 0 aliphatic heterocycles. The van der Waals surface area contributed by atoms with Gasteiger partial charge in [-0.3, -0.25) is 9.98 Å². The quantitative estimate of drug-likeness (QED) is 0.642. The average molecular weight is 237 g/mol. The molecule has 3 rings (SSSR count). The Kier molecular flexibility index (Phi) is 2.57. The molecular formula is C13H11N5. The van der Waals surface area contributed by atoms with Crippen LogP contribution in [0.25, 0.3) is 5.65 Å². The number of aryl methyl sites for hydroxylation is 1. The largest absolute Gasteiger partial charge is 0.253 e. The van der Waals surface area contributed by atoms with Crippen LogP contribution in [0.2, 0.25) is 0 Å². The average Bonchev–Trinajstić information content (AvgIpc) is 2.84. The van der Waals surface area contributed by atoms with Crippen LogP contribution >= 0.6 is 0 Å². The second-order valence-electron chi connectivity index (χ2n) is 3.91. The summed E-state index contributed by atoms with van der Waals surface area (Å²) in [6, 6.07) is 9.62. The molecule has 0 unspecified atom stereocenters. The Hall–Kier alpha value is -2.56. The molecule has 0 spiro atoms. The van der Waals surface area contributed by atoms with Gasteiger partial charge in [0.25, 0.3) is 0 Å². The first-order valence-electron chi connectivity index (χ1n) is 5.58. The number of rotatable bonds is 2. The van der Waals surface area contributed by atoms with E-state index in [1.807, 2.05) is 43.5 Å². The van der Waals surface area contributed by atoms with Crippen molar-refractivity contribution in [2.24, 2.45) is 4.99 Å². The van der Waals surface area contributed by atoms with Gasteiger partial charge in [-0.15, -0.1) is 0 Å². The van der Waals surface area contributed by atoms with E-state index < -0.39 is 0 Å². The van der Waals surface area contributed by atoms with Gasteiger partial charge in [-0.05, 0) is 31.2 Å². The van der Waals surface area contributed by atoms with Crippen LogP contribution in [-0.4, -0.2) is 25.8 Å². The van der Waals surface area contributed by atoms with Crippen LogP contribution in [0.3, 0.4) is 0 Å². The van der Waals surface area contributed by atoms with E-state index in [4.69, 9.17) is 0 Å². The first-order valence-corrected chi connectivity index (χ1v) is 5.58. The van der Waals surface area contributed by atoms with E-state index >= 15 is 0 Å². The fourth-order valence-electron chi connectivity index (χ4n) is 1.66. The standard InChI is InChI=1S/C13H11N5/c1-10-3-2-4-11(17-10)7-14-12-5-6-13-15-9-16-18(13)8-12/h2-9H,1H3/b14-7-. The normalized spacial score (nSPS) is 11.4. The molecule has 3 aromatic rings. The molecule has 0 radical (unpaired) electrons. The molecule has 88 valence electrons. The monoisotopic (exact) mass is 237 g/mol. The molecule has 0 saturated heterocycles. The maximum atomic E-state index is 4.37. The molecule has 0 aliphatic rings. The first-order chi connectivity index (χ1) is 8.81. The topological polar surface area (TPSA) is 55.4 Å². The van der Waals surface area contributed by atoms with E-state index in [0.29, 0.717) is 0 Å². The molecule has 18 heavy (non-hydrogen) atoms. The van der Waals surface area contributed by atoms with Crippen molar-refractivity contribution in [1.82, 2.24) is 19.6 Å². The lowest BCUT2D eigenvalue weighted by Crippen LogP contribution is -1.89. The van der Waals surface area contributed by atoms with Crippen molar-refractivity contribution in [2.45, 2.75) is 6.92 Å². The van der Waals surface area contributed by atoms with E-state index in [1.165, 1.54) is 6.33 Å². The van der Waals surface area contributed by atoms with Crippen LogP contribution in [-0.2, 0) is 0 Å². The van der Waals surface area contributed by atoms with Crippen molar-refractivity contribution in [3.8, 4) is 0 Å². The van der Waals surface area contributed by atoms with Gasteiger partial charge in [0.15, 0.2) is 5.65 Å². The molecule has 5 heteroatoms. The van der Waals surface area contributed by atoms with E-state index in [1.54, 1.807) is 10.7 Å². The minimum atomic E-state index is 0.808. The predicted molar refractivity (Wildman–Crippen MR) is 69.2 cm³/mol. The SMILES string of the molecule is Cc1cccc(/C=N\c2ccc3ncnn3c2)n1. The minimum Gasteiger partial charge on any atom is -0.253 e. The summed E-state index contributed by atoms with van der Waals surface area (Å²) in [5.41, 5.74) is 3.44. The Bertz CT molecular complexity index is 714. The van der Waals surface area contributed by atoms with E-state index in [2.05, 4.69) is 20.1 Å². The van der Waals surface area contributed by atoms with Crippen LogP contribution in [0.1, 0.15) is 11.4 Å². The highest BCUT2D eigenvalue weighted by molar-refractivity contribution is 5.79. The Balaban J connectivity index is 1.91. The molecule has 0 saturated carbocycles. The van der Waals surface area contributed by atoms with Crippen molar-refractivity contribution in [1.29, 1.82) is 0 Å². The van der Waals surface area contributed by atoms with Crippen molar-refractivity contribution < 1.29 is 0 Å². The van der Waals surface area contributed by atoms with E-state index in [-0.39, 0.29) is 0 Å². The number of nitrogens with zero attached hydrogens (tertiary/aromatic N) is 5. The first kappa shape index (κ1) is 10.6. The van der Waals surface area contributed by atoms with Gasteiger partial charge in [0.05, 0.1) is 23.8 Å². The lowest BCUT2D eigenvalue weighted by Gasteiger charge is -1.96. The molecule has 5 nitrogen and oxygen atoms in total. The molecule has 0 amide bonds. The third-order valence-electron chi connectivity index (χ3n) is 2.51. The number of hydrogen-bond acceptors (Lipinski definition) is 4. The van der Waals surface area contributed by atoms with Gasteiger partial charge >= 0.3 is 0 Å². The lowest BCUT2D eigenvalue weighted by atomic mass is 10.3. The summed E-state index contributed by atoms with van der Waals surface area (Å²) in [5.74, 6) is 0. The molecule has 0 aromatic carbocycles. The zero-order valence-electron chi connectivity index (χ0n) is 9.85. The number of pyridine rings is 2. The Labute approximate surface area is 104 Å². The van der Waals surface area contributed by atoms with Gasteiger partial charge < -0.3 is 0 Å². The number of aromatic nitrogens is 4. The van der Waals surface area contributed by atoms with Crippen LogP contribution in [0.15, 0.2) is 47.8 Å². The maximum Gasteiger partial charge on any atom is 0.155 e. The highest BCUT2D eigenvalue weighted by Crippen LogP contribution is 2.11. The molecule has 3 heterocycles. The lowest BCUT2D eigenvalue weighted by molar-refractivity contribution is 0.960. The molecule has 3 aromatic heterocycles. The molecular weight excluding hydrogens is 226 g/mol. The third kappa shape index (κ3) is 2.10. The highest BCUT2D eigenvalue weighted by Gasteiger charge is 1.96. The van der Waals surface area contributed by atoms with Crippen molar-refractivity contribution >= 4 is 17.5 Å². The third-order valence-corrected chi connectivity index (χ3v) is 2.51. The van der Waals surface area contributed by atoms with Gasteiger partial charge in [-0.2, -0.15) is 5.10 Å². The molecule has 0 fully saturated rings. The Morgan fingerprint density at radius 1 is 1.22 bits per heavy atom. The summed E-state index contributed by atoms with van der Waals surface area (Å²) in [7, 11) is 0. The summed E-state index contributed by atoms with van der Waals surface area (Å²) in [6.45, 7) is 1.96. The van der Waals surface area contributed by atoms with Crippen LogP contribution in [0, 0.1) is 6.92 Å². The van der Waals surface area contributed by atoms with Gasteiger partial charge in [0.1, 0.15) is 6.33 Å². The van der Waals surface area contributed by atoms with E-state index in [0.717, 1.165) is 22.7 Å². The predicted octanol–water partition coefficient (Wildman–Crippen LogP) is 2.18. The van der Waals surface area contributed by atoms with Crippen LogP contribution < -0.4 is 0 Å². The van der Waals surface area contributed by atoms with Crippen molar-refractivity contribution in [3.05, 3.63) is 54.2 Å². The molecule has 0 aliphatic carbocycles. The van der Waals surface area contributed by atoms with Crippen LogP contribution in [0.4, 0.5) is 5.69 Å². The highest BCUT2D eigenvalue weighted by atomic mass is 15.3. The minimum absolute atomic E-state index is 0.808. The molecule has 0 N–H and O–H groups in total. The zero-order chi connectivity index (χ0) is 12.4. The summed E-state index contributed by atoms with van der Waals surface area (Å²) in [5, 5.41) is 4.06. The fourth-order valence-corrected chi connectivity index (χ4v) is 1.66. The summed E-state index contributed by atoms with van der Waals surface area (Å²) < 4.78 is 1.69. The second kappa shape index (κ2) is 4.37.